The molecular weight excluding hydrogens is 260 g/mol. The molecule has 2 amide bonds. The van der Waals surface area contributed by atoms with E-state index in [0.29, 0.717) is 19.0 Å². The zero-order valence-electron chi connectivity index (χ0n) is 11.8. The lowest BCUT2D eigenvalue weighted by Crippen LogP contribution is -2.47. The van der Waals surface area contributed by atoms with Gasteiger partial charge < -0.3 is 20.1 Å². The maximum absolute atomic E-state index is 12.1. The number of nitrogens with zero attached hydrogens (tertiary/aromatic N) is 1. The van der Waals surface area contributed by atoms with Crippen LogP contribution in [0.5, 0.6) is 0 Å². The molecule has 2 heterocycles. The highest BCUT2D eigenvalue weighted by Gasteiger charge is 2.25. The zero-order valence-corrected chi connectivity index (χ0v) is 11.8. The van der Waals surface area contributed by atoms with Gasteiger partial charge in [0.2, 0.25) is 0 Å². The van der Waals surface area contributed by atoms with E-state index in [1.807, 2.05) is 0 Å². The Morgan fingerprint density at radius 3 is 2.65 bits per heavy atom. The SMILES string of the molecule is O=C(O)CC1CCCN(C(=O)NCC2CCOCC2)C1. The highest BCUT2D eigenvalue weighted by atomic mass is 16.5. The quantitative estimate of drug-likeness (QED) is 0.816. The van der Waals surface area contributed by atoms with Gasteiger partial charge in [-0.1, -0.05) is 0 Å². The van der Waals surface area contributed by atoms with Gasteiger partial charge in [-0.05, 0) is 37.5 Å². The van der Waals surface area contributed by atoms with Gasteiger partial charge in [0, 0.05) is 39.3 Å². The second kappa shape index (κ2) is 7.47. The standard InChI is InChI=1S/C14H24N2O4/c17-13(18)8-12-2-1-5-16(10-12)14(19)15-9-11-3-6-20-7-4-11/h11-12H,1-10H2,(H,15,19)(H,17,18). The fraction of sp³-hybridized carbons (Fsp3) is 0.857. The fourth-order valence-corrected chi connectivity index (χ4v) is 2.96. The number of amides is 2. The molecule has 0 aromatic rings. The third-order valence-corrected chi connectivity index (χ3v) is 4.15. The van der Waals surface area contributed by atoms with Crippen LogP contribution in [-0.4, -0.2) is 54.9 Å². The first-order chi connectivity index (χ1) is 9.65. The number of hydrogen-bond donors (Lipinski definition) is 2. The van der Waals surface area contributed by atoms with Gasteiger partial charge in [-0.15, -0.1) is 0 Å². The Bertz CT molecular complexity index is 342. The number of carboxylic acids is 1. The summed E-state index contributed by atoms with van der Waals surface area (Å²) >= 11 is 0. The van der Waals surface area contributed by atoms with Crippen LogP contribution in [0, 0.1) is 11.8 Å². The molecule has 1 atom stereocenters. The molecule has 2 aliphatic rings. The summed E-state index contributed by atoms with van der Waals surface area (Å²) in [5.74, 6) is -0.179. The molecule has 0 spiro atoms. The highest BCUT2D eigenvalue weighted by molar-refractivity contribution is 5.74. The number of hydrogen-bond acceptors (Lipinski definition) is 3. The number of aliphatic carboxylic acids is 1. The number of urea groups is 1. The molecular formula is C14H24N2O4. The normalized spacial score (nSPS) is 24.4. The molecule has 20 heavy (non-hydrogen) atoms. The summed E-state index contributed by atoms with van der Waals surface area (Å²) in [6.45, 7) is 3.56. The van der Waals surface area contributed by atoms with Crippen molar-refractivity contribution >= 4 is 12.0 Å². The van der Waals surface area contributed by atoms with Crippen molar-refractivity contribution in [2.24, 2.45) is 11.8 Å². The molecule has 0 saturated carbocycles. The average molecular weight is 284 g/mol. The van der Waals surface area contributed by atoms with Crippen molar-refractivity contribution in [1.82, 2.24) is 10.2 Å². The van der Waals surface area contributed by atoms with Crippen LogP contribution < -0.4 is 5.32 Å². The Kier molecular flexibility index (Phi) is 5.64. The zero-order chi connectivity index (χ0) is 14.4. The van der Waals surface area contributed by atoms with Crippen molar-refractivity contribution in [2.45, 2.75) is 32.1 Å². The van der Waals surface area contributed by atoms with Gasteiger partial charge in [0.15, 0.2) is 0 Å². The molecule has 0 aromatic heterocycles. The lowest BCUT2D eigenvalue weighted by atomic mass is 9.95. The minimum absolute atomic E-state index is 0.0495. The number of piperidine rings is 1. The number of nitrogens with one attached hydrogen (secondary N) is 1. The summed E-state index contributed by atoms with van der Waals surface area (Å²) in [6.07, 6.45) is 3.95. The second-order valence-corrected chi connectivity index (χ2v) is 5.79. The van der Waals surface area contributed by atoms with E-state index >= 15 is 0 Å². The van der Waals surface area contributed by atoms with Gasteiger partial charge in [-0.25, -0.2) is 4.79 Å². The van der Waals surface area contributed by atoms with E-state index in [4.69, 9.17) is 9.84 Å². The monoisotopic (exact) mass is 284 g/mol. The summed E-state index contributed by atoms with van der Waals surface area (Å²) in [7, 11) is 0. The number of carbonyl (C=O) groups excluding carboxylic acids is 1. The number of carbonyl (C=O) groups is 2. The van der Waals surface area contributed by atoms with Crippen LogP contribution in [0.15, 0.2) is 0 Å². The van der Waals surface area contributed by atoms with Gasteiger partial charge in [-0.2, -0.15) is 0 Å². The topological polar surface area (TPSA) is 78.9 Å². The van der Waals surface area contributed by atoms with Gasteiger partial charge >= 0.3 is 12.0 Å². The molecule has 0 radical (unpaired) electrons. The summed E-state index contributed by atoms with van der Waals surface area (Å²) in [6, 6.07) is -0.0495. The van der Waals surface area contributed by atoms with E-state index in [1.54, 1.807) is 4.90 Å². The third kappa shape index (κ3) is 4.67. The first-order valence-electron chi connectivity index (χ1n) is 7.47. The van der Waals surface area contributed by atoms with E-state index in [2.05, 4.69) is 5.32 Å². The molecule has 2 rings (SSSR count). The summed E-state index contributed by atoms with van der Waals surface area (Å²) < 4.78 is 5.30. The van der Waals surface area contributed by atoms with Crippen molar-refractivity contribution in [3.8, 4) is 0 Å². The molecule has 2 aliphatic heterocycles. The molecule has 114 valence electrons. The van der Waals surface area contributed by atoms with Crippen LogP contribution in [0.25, 0.3) is 0 Å². The number of rotatable bonds is 4. The third-order valence-electron chi connectivity index (χ3n) is 4.15. The maximum atomic E-state index is 12.1. The molecule has 2 saturated heterocycles. The molecule has 0 aromatic carbocycles. The van der Waals surface area contributed by atoms with Crippen LogP contribution in [0.4, 0.5) is 4.79 Å². The second-order valence-electron chi connectivity index (χ2n) is 5.79. The maximum Gasteiger partial charge on any atom is 0.317 e. The van der Waals surface area contributed by atoms with Crippen molar-refractivity contribution in [3.05, 3.63) is 0 Å². The molecule has 0 bridgehead atoms. The van der Waals surface area contributed by atoms with Gasteiger partial charge in [0.05, 0.1) is 0 Å². The van der Waals surface area contributed by atoms with Crippen molar-refractivity contribution < 1.29 is 19.4 Å². The largest absolute Gasteiger partial charge is 0.481 e. The molecule has 6 heteroatoms. The van der Waals surface area contributed by atoms with Crippen molar-refractivity contribution in [1.29, 1.82) is 0 Å². The van der Waals surface area contributed by atoms with Crippen LogP contribution in [-0.2, 0) is 9.53 Å². The molecule has 6 nitrogen and oxygen atoms in total. The van der Waals surface area contributed by atoms with Crippen LogP contribution in [0.1, 0.15) is 32.1 Å². The molecule has 2 N–H and O–H groups in total. The minimum atomic E-state index is -0.778. The fourth-order valence-electron chi connectivity index (χ4n) is 2.96. The molecule has 1 unspecified atom stereocenters. The van der Waals surface area contributed by atoms with E-state index < -0.39 is 5.97 Å². The first kappa shape index (κ1) is 15.1. The average Bonchev–Trinajstić information content (AvgIpc) is 2.45. The smallest absolute Gasteiger partial charge is 0.317 e. The Morgan fingerprint density at radius 2 is 1.95 bits per heavy atom. The van der Waals surface area contributed by atoms with Crippen molar-refractivity contribution in [3.63, 3.8) is 0 Å². The number of ether oxygens (including phenoxy) is 1. The molecule has 2 fully saturated rings. The van der Waals surface area contributed by atoms with Gasteiger partial charge in [0.1, 0.15) is 0 Å². The highest BCUT2D eigenvalue weighted by Crippen LogP contribution is 2.20. The predicted octanol–water partition coefficient (Wildman–Crippen LogP) is 1.31. The minimum Gasteiger partial charge on any atom is -0.481 e. The van der Waals surface area contributed by atoms with Crippen LogP contribution >= 0.6 is 0 Å². The summed E-state index contributed by atoms with van der Waals surface area (Å²) in [4.78, 5) is 24.6. The summed E-state index contributed by atoms with van der Waals surface area (Å²) in [5, 5.41) is 11.8. The van der Waals surface area contributed by atoms with Crippen LogP contribution in [0.2, 0.25) is 0 Å². The number of carboxylic acid groups (broad SMARTS) is 1. The van der Waals surface area contributed by atoms with Gasteiger partial charge in [-0.3, -0.25) is 4.79 Å². The predicted molar refractivity (Wildman–Crippen MR) is 73.5 cm³/mol. The van der Waals surface area contributed by atoms with Gasteiger partial charge in [0.25, 0.3) is 0 Å². The van der Waals surface area contributed by atoms with E-state index in [-0.39, 0.29) is 18.4 Å². The van der Waals surface area contributed by atoms with E-state index in [0.717, 1.165) is 45.4 Å². The lowest BCUT2D eigenvalue weighted by Gasteiger charge is -2.32. The summed E-state index contributed by atoms with van der Waals surface area (Å²) in [5.41, 5.74) is 0. The van der Waals surface area contributed by atoms with Crippen LogP contribution in [0.3, 0.4) is 0 Å². The van der Waals surface area contributed by atoms with E-state index in [1.165, 1.54) is 0 Å². The lowest BCUT2D eigenvalue weighted by molar-refractivity contribution is -0.138. The van der Waals surface area contributed by atoms with E-state index in [9.17, 15) is 9.59 Å². The number of likely N-dealkylation sites (tertiary alicyclic amines) is 1. The van der Waals surface area contributed by atoms with Crippen molar-refractivity contribution in [2.75, 3.05) is 32.8 Å². The Hall–Kier alpha value is -1.30. The first-order valence-corrected chi connectivity index (χ1v) is 7.47. The Morgan fingerprint density at radius 1 is 1.20 bits per heavy atom. The Balaban J connectivity index is 1.72. The molecule has 0 aliphatic carbocycles. The Labute approximate surface area is 119 Å².